The van der Waals surface area contributed by atoms with Crippen LogP contribution in [-0.2, 0) is 24.2 Å². The SMILES string of the molecule is CNCc1sc(NC(C)=O)nc1CCc1ccc(NC(NC(=O)O)(N(C(=O)O)C(C)(C)C)C(C)(C)C)cc1. The van der Waals surface area contributed by atoms with E-state index < -0.39 is 28.9 Å². The van der Waals surface area contributed by atoms with Gasteiger partial charge >= 0.3 is 12.2 Å². The van der Waals surface area contributed by atoms with Gasteiger partial charge in [-0.05, 0) is 58.4 Å². The third-order valence-electron chi connectivity index (χ3n) is 5.90. The molecular formula is C26H40N6O5S. The van der Waals surface area contributed by atoms with E-state index in [0.717, 1.165) is 21.0 Å². The second kappa shape index (κ2) is 12.0. The first kappa shape index (κ1) is 30.8. The lowest BCUT2D eigenvalue weighted by atomic mass is 9.82. The normalized spacial score (nSPS) is 13.4. The molecule has 0 spiro atoms. The van der Waals surface area contributed by atoms with Crippen LogP contribution in [0.5, 0.6) is 0 Å². The maximum Gasteiger partial charge on any atom is 0.411 e. The highest BCUT2D eigenvalue weighted by molar-refractivity contribution is 7.15. The average Bonchev–Trinajstić information content (AvgIpc) is 3.11. The molecule has 1 unspecified atom stereocenters. The Balaban J connectivity index is 2.34. The van der Waals surface area contributed by atoms with Crippen LogP contribution >= 0.6 is 11.3 Å². The first-order valence-electron chi connectivity index (χ1n) is 12.3. The Morgan fingerprint density at radius 2 is 1.61 bits per heavy atom. The quantitative estimate of drug-likeness (QED) is 0.232. The number of thiazole rings is 1. The van der Waals surface area contributed by atoms with E-state index in [1.807, 2.05) is 19.2 Å². The molecule has 2 aromatic rings. The zero-order valence-electron chi connectivity index (χ0n) is 23.4. The number of carbonyl (C=O) groups is 3. The largest absolute Gasteiger partial charge is 0.465 e. The van der Waals surface area contributed by atoms with Crippen LogP contribution in [0.25, 0.3) is 0 Å². The Bertz CT molecular complexity index is 1140. The van der Waals surface area contributed by atoms with E-state index in [1.54, 1.807) is 53.7 Å². The highest BCUT2D eigenvalue weighted by Crippen LogP contribution is 2.39. The van der Waals surface area contributed by atoms with E-state index in [0.29, 0.717) is 30.2 Å². The van der Waals surface area contributed by atoms with Crippen LogP contribution in [0.3, 0.4) is 0 Å². The van der Waals surface area contributed by atoms with Gasteiger partial charge in [0, 0.05) is 35.0 Å². The number of anilines is 2. The van der Waals surface area contributed by atoms with Crippen molar-refractivity contribution in [2.75, 3.05) is 17.7 Å². The van der Waals surface area contributed by atoms with Crippen LogP contribution in [0.4, 0.5) is 20.4 Å². The Kier molecular flexibility index (Phi) is 9.73. The Labute approximate surface area is 228 Å². The molecule has 0 aliphatic rings. The summed E-state index contributed by atoms with van der Waals surface area (Å²) in [4.78, 5) is 42.5. The number of carbonyl (C=O) groups excluding carboxylic acids is 1. The Morgan fingerprint density at radius 3 is 2.05 bits per heavy atom. The zero-order valence-corrected chi connectivity index (χ0v) is 24.2. The molecular weight excluding hydrogens is 508 g/mol. The van der Waals surface area contributed by atoms with Gasteiger partial charge in [-0.3, -0.25) is 15.0 Å². The first-order valence-corrected chi connectivity index (χ1v) is 13.1. The van der Waals surface area contributed by atoms with Gasteiger partial charge in [0.15, 0.2) is 5.13 Å². The molecule has 0 radical (unpaired) electrons. The van der Waals surface area contributed by atoms with E-state index in [4.69, 9.17) is 0 Å². The molecule has 1 heterocycles. The van der Waals surface area contributed by atoms with Crippen LogP contribution in [-0.4, -0.2) is 56.6 Å². The predicted molar refractivity (Wildman–Crippen MR) is 150 cm³/mol. The second-order valence-electron chi connectivity index (χ2n) is 11.1. The molecule has 12 heteroatoms. The number of aromatic nitrogens is 1. The third-order valence-corrected chi connectivity index (χ3v) is 6.91. The lowest BCUT2D eigenvalue weighted by Gasteiger charge is -2.55. The number of aryl methyl sites for hydroxylation is 2. The minimum Gasteiger partial charge on any atom is -0.465 e. The number of rotatable bonds is 10. The molecule has 0 fully saturated rings. The second-order valence-corrected chi connectivity index (χ2v) is 12.2. The fourth-order valence-electron chi connectivity index (χ4n) is 4.25. The van der Waals surface area contributed by atoms with E-state index in [2.05, 4.69) is 26.3 Å². The van der Waals surface area contributed by atoms with Crippen molar-refractivity contribution in [2.24, 2.45) is 5.41 Å². The van der Waals surface area contributed by atoms with Crippen LogP contribution in [0, 0.1) is 5.41 Å². The first-order chi connectivity index (χ1) is 17.5. The number of nitrogens with zero attached hydrogens (tertiary/aromatic N) is 2. The van der Waals surface area contributed by atoms with Crippen molar-refractivity contribution in [3.05, 3.63) is 40.4 Å². The van der Waals surface area contributed by atoms with Gasteiger partial charge in [-0.1, -0.05) is 32.9 Å². The summed E-state index contributed by atoms with van der Waals surface area (Å²) in [7, 11) is 1.86. The molecule has 38 heavy (non-hydrogen) atoms. The monoisotopic (exact) mass is 548 g/mol. The van der Waals surface area contributed by atoms with Crippen molar-refractivity contribution >= 4 is 40.2 Å². The van der Waals surface area contributed by atoms with E-state index in [9.17, 15) is 24.6 Å². The molecule has 210 valence electrons. The van der Waals surface area contributed by atoms with Crippen LogP contribution < -0.4 is 21.3 Å². The van der Waals surface area contributed by atoms with Crippen LogP contribution in [0.15, 0.2) is 24.3 Å². The average molecular weight is 549 g/mol. The summed E-state index contributed by atoms with van der Waals surface area (Å²) in [6.07, 6.45) is -1.24. The Hall–Kier alpha value is -3.38. The van der Waals surface area contributed by atoms with Crippen molar-refractivity contribution < 1.29 is 24.6 Å². The molecule has 0 aliphatic heterocycles. The highest BCUT2D eigenvalue weighted by atomic mass is 32.1. The van der Waals surface area contributed by atoms with Crippen molar-refractivity contribution in [3.8, 4) is 0 Å². The van der Waals surface area contributed by atoms with Gasteiger partial charge in [-0.15, -0.1) is 11.3 Å². The summed E-state index contributed by atoms with van der Waals surface area (Å²) in [6, 6.07) is 7.44. The molecule has 6 N–H and O–H groups in total. The Morgan fingerprint density at radius 1 is 1.00 bits per heavy atom. The van der Waals surface area contributed by atoms with E-state index in [1.165, 1.54) is 18.3 Å². The summed E-state index contributed by atoms with van der Waals surface area (Å²) < 4.78 is 0. The van der Waals surface area contributed by atoms with Gasteiger partial charge in [0.2, 0.25) is 11.7 Å². The standard InChI is InChI=1S/C26H40N6O5S/c1-16(33)28-21-29-19(20(38-21)15-27-8)14-11-17-9-12-18(13-10-17)30-26(24(2,3)4,31-22(34)35)32(23(36)37)25(5,6)7/h9-10,12-13,27,30-31H,11,14-15H2,1-8H3,(H,34,35)(H,36,37)(H,28,29,33). The van der Waals surface area contributed by atoms with Crippen molar-refractivity contribution in [2.45, 2.75) is 79.2 Å². The molecule has 3 amide bonds. The molecule has 0 saturated carbocycles. The zero-order chi connectivity index (χ0) is 28.9. The molecule has 0 bridgehead atoms. The number of benzene rings is 1. The molecule has 2 rings (SSSR count). The molecule has 1 aromatic heterocycles. The van der Waals surface area contributed by atoms with Gasteiger partial charge in [-0.25, -0.2) is 14.6 Å². The molecule has 0 saturated heterocycles. The summed E-state index contributed by atoms with van der Waals surface area (Å²) in [5, 5.41) is 32.0. The van der Waals surface area contributed by atoms with Gasteiger partial charge in [0.25, 0.3) is 0 Å². The highest BCUT2D eigenvalue weighted by Gasteiger charge is 2.54. The summed E-state index contributed by atoms with van der Waals surface area (Å²) in [5.74, 6) is -1.84. The summed E-state index contributed by atoms with van der Waals surface area (Å²) in [6.45, 7) is 12.6. The number of amides is 3. The van der Waals surface area contributed by atoms with E-state index >= 15 is 0 Å². The van der Waals surface area contributed by atoms with Crippen molar-refractivity contribution in [3.63, 3.8) is 0 Å². The van der Waals surface area contributed by atoms with Gasteiger partial charge in [0.1, 0.15) is 0 Å². The maximum atomic E-state index is 12.4. The lowest BCUT2D eigenvalue weighted by molar-refractivity contribution is -0.114. The number of hydrogen-bond acceptors (Lipinski definition) is 7. The minimum atomic E-state index is -1.67. The van der Waals surface area contributed by atoms with Gasteiger partial charge < -0.3 is 26.2 Å². The minimum absolute atomic E-state index is 0.166. The van der Waals surface area contributed by atoms with Gasteiger partial charge in [0.05, 0.1) is 5.69 Å². The molecule has 1 atom stereocenters. The maximum absolute atomic E-state index is 12.4. The molecule has 0 aliphatic carbocycles. The topological polar surface area (TPSA) is 156 Å². The number of nitrogens with one attached hydrogen (secondary N) is 4. The number of carboxylic acid groups (broad SMARTS) is 2. The molecule has 1 aromatic carbocycles. The van der Waals surface area contributed by atoms with E-state index in [-0.39, 0.29) is 5.91 Å². The van der Waals surface area contributed by atoms with Crippen LogP contribution in [0.2, 0.25) is 0 Å². The fourth-order valence-corrected chi connectivity index (χ4v) is 5.32. The van der Waals surface area contributed by atoms with Crippen LogP contribution in [0.1, 0.15) is 64.6 Å². The van der Waals surface area contributed by atoms with Crippen molar-refractivity contribution in [1.82, 2.24) is 20.5 Å². The third kappa shape index (κ3) is 7.57. The van der Waals surface area contributed by atoms with Crippen molar-refractivity contribution in [1.29, 1.82) is 0 Å². The van der Waals surface area contributed by atoms with Gasteiger partial charge in [-0.2, -0.15) is 0 Å². The summed E-state index contributed by atoms with van der Waals surface area (Å²) >= 11 is 1.45. The predicted octanol–water partition coefficient (Wildman–Crippen LogP) is 4.76. The summed E-state index contributed by atoms with van der Waals surface area (Å²) in [5.41, 5.74) is 0.692. The molecule has 11 nitrogen and oxygen atoms in total. The fraction of sp³-hybridized carbons (Fsp3) is 0.538. The smallest absolute Gasteiger partial charge is 0.411 e. The number of hydrogen-bond donors (Lipinski definition) is 6. The lowest BCUT2D eigenvalue weighted by Crippen LogP contribution is -2.76.